The van der Waals surface area contributed by atoms with Gasteiger partial charge in [0.2, 0.25) is 0 Å². The van der Waals surface area contributed by atoms with Crippen molar-refractivity contribution in [1.29, 1.82) is 0 Å². The van der Waals surface area contributed by atoms with Crippen molar-refractivity contribution in [2.75, 3.05) is 6.61 Å². The summed E-state index contributed by atoms with van der Waals surface area (Å²) in [5, 5.41) is 20.4. The highest BCUT2D eigenvalue weighted by Gasteiger charge is 2.59. The number of ether oxygens (including phenoxy) is 1. The summed E-state index contributed by atoms with van der Waals surface area (Å²) in [5.74, 6) is 2.28. The second-order valence-corrected chi connectivity index (χ2v) is 12.7. The van der Waals surface area contributed by atoms with E-state index in [1.165, 1.54) is 6.20 Å². The zero-order chi connectivity index (χ0) is 19.9. The van der Waals surface area contributed by atoms with Crippen molar-refractivity contribution >= 4 is 8.32 Å². The highest BCUT2D eigenvalue weighted by atomic mass is 28.4. The maximum absolute atomic E-state index is 12.2. The van der Waals surface area contributed by atoms with Crippen molar-refractivity contribution in [3.05, 3.63) is 33.1 Å². The second kappa shape index (κ2) is 6.79. The van der Waals surface area contributed by atoms with Crippen molar-refractivity contribution in [3.63, 3.8) is 0 Å². The molecular formula is C17H26N2O6Si. The molecule has 0 amide bonds. The molecule has 1 fully saturated rings. The van der Waals surface area contributed by atoms with Gasteiger partial charge in [-0.2, -0.15) is 0 Å². The van der Waals surface area contributed by atoms with Gasteiger partial charge in [0, 0.05) is 12.3 Å². The number of nitrogens with one attached hydrogen (secondary N) is 1. The number of aromatic amines is 1. The van der Waals surface area contributed by atoms with Crippen molar-refractivity contribution < 1.29 is 19.4 Å². The lowest BCUT2D eigenvalue weighted by atomic mass is 9.93. The molecule has 26 heavy (non-hydrogen) atoms. The number of aliphatic hydroxyl groups excluding tert-OH is 1. The molecule has 0 aliphatic carbocycles. The van der Waals surface area contributed by atoms with Gasteiger partial charge >= 0.3 is 5.69 Å². The van der Waals surface area contributed by atoms with Gasteiger partial charge in [-0.1, -0.05) is 26.7 Å². The summed E-state index contributed by atoms with van der Waals surface area (Å²) in [6.45, 7) is 9.47. The minimum Gasteiger partial charge on any atom is -0.405 e. The van der Waals surface area contributed by atoms with Crippen LogP contribution in [-0.2, 0) is 9.16 Å². The number of H-pyrrole nitrogens is 1. The molecule has 0 saturated carbocycles. The van der Waals surface area contributed by atoms with E-state index in [2.05, 4.69) is 10.9 Å². The molecule has 1 aliphatic rings. The van der Waals surface area contributed by atoms with Gasteiger partial charge in [0.05, 0.1) is 6.61 Å². The van der Waals surface area contributed by atoms with Crippen LogP contribution in [0.4, 0.5) is 0 Å². The second-order valence-electron chi connectivity index (χ2n) is 7.98. The van der Waals surface area contributed by atoms with Crippen LogP contribution in [0.25, 0.3) is 0 Å². The van der Waals surface area contributed by atoms with Crippen LogP contribution < -0.4 is 11.2 Å². The topological polar surface area (TPSA) is 114 Å². The van der Waals surface area contributed by atoms with Gasteiger partial charge in [-0.25, -0.2) is 4.79 Å². The fourth-order valence-electron chi connectivity index (χ4n) is 2.58. The lowest BCUT2D eigenvalue weighted by Crippen LogP contribution is -2.55. The Morgan fingerprint density at radius 3 is 2.54 bits per heavy atom. The summed E-state index contributed by atoms with van der Waals surface area (Å²) < 4.78 is 13.1. The molecule has 0 bridgehead atoms. The van der Waals surface area contributed by atoms with Crippen molar-refractivity contribution in [2.24, 2.45) is 0 Å². The van der Waals surface area contributed by atoms with E-state index in [0.29, 0.717) is 0 Å². The van der Waals surface area contributed by atoms with Crippen LogP contribution in [0.3, 0.4) is 0 Å². The fourth-order valence-corrected chi connectivity index (χ4v) is 3.87. The van der Waals surface area contributed by atoms with E-state index in [9.17, 15) is 19.8 Å². The Balaban J connectivity index is 2.57. The molecule has 0 aromatic carbocycles. The molecule has 144 valence electrons. The number of terminal acetylenes is 1. The van der Waals surface area contributed by atoms with Gasteiger partial charge in [-0.05, 0) is 18.1 Å². The molecule has 1 aliphatic heterocycles. The molecule has 2 rings (SSSR count). The van der Waals surface area contributed by atoms with Crippen LogP contribution in [0, 0.1) is 12.3 Å². The zero-order valence-electron chi connectivity index (χ0n) is 15.6. The Hall–Kier alpha value is -1.70. The molecule has 4 unspecified atom stereocenters. The van der Waals surface area contributed by atoms with E-state index >= 15 is 0 Å². The monoisotopic (exact) mass is 382 g/mol. The highest BCUT2D eigenvalue weighted by Crippen LogP contribution is 2.44. The van der Waals surface area contributed by atoms with Crippen LogP contribution in [0.5, 0.6) is 0 Å². The average Bonchev–Trinajstić information content (AvgIpc) is 2.79. The van der Waals surface area contributed by atoms with E-state index in [1.54, 1.807) is 0 Å². The third-order valence-corrected chi connectivity index (χ3v) is 9.69. The minimum absolute atomic E-state index is 0.194. The zero-order valence-corrected chi connectivity index (χ0v) is 16.6. The third-order valence-electron chi connectivity index (χ3n) is 5.24. The van der Waals surface area contributed by atoms with Gasteiger partial charge in [0.15, 0.2) is 20.1 Å². The number of aliphatic hydroxyl groups is 2. The smallest absolute Gasteiger partial charge is 0.330 e. The molecule has 8 nitrogen and oxygen atoms in total. The normalized spacial score (nSPS) is 29.5. The Bertz CT molecular complexity index is 818. The molecule has 2 heterocycles. The van der Waals surface area contributed by atoms with Gasteiger partial charge in [0.1, 0.15) is 12.2 Å². The van der Waals surface area contributed by atoms with Gasteiger partial charge in [0.25, 0.3) is 5.56 Å². The summed E-state index contributed by atoms with van der Waals surface area (Å²) in [6.07, 6.45) is 3.50. The van der Waals surface area contributed by atoms with E-state index in [0.717, 1.165) is 10.6 Å². The van der Waals surface area contributed by atoms with Crippen LogP contribution in [0.2, 0.25) is 18.1 Å². The standard InChI is InChI=1S/C17H26N2O6Si/c1-7-17(23)11(10-20)24-14(19-9-8-12(21)18-15(19)22)13(17)25-26(5,6)16(2,3)4/h1,8-9,11,13-14,20,23H,10H2,2-6H3,(H,18,21,22). The van der Waals surface area contributed by atoms with Crippen LogP contribution >= 0.6 is 0 Å². The van der Waals surface area contributed by atoms with Crippen LogP contribution in [0.1, 0.15) is 27.0 Å². The number of hydrogen-bond donors (Lipinski definition) is 3. The van der Waals surface area contributed by atoms with Crippen LogP contribution in [-0.4, -0.2) is 52.5 Å². The predicted octanol–water partition coefficient (Wildman–Crippen LogP) is 0.181. The van der Waals surface area contributed by atoms with E-state index in [-0.39, 0.29) is 5.04 Å². The third kappa shape index (κ3) is 3.43. The fraction of sp³-hybridized carbons (Fsp3) is 0.647. The average molecular weight is 382 g/mol. The van der Waals surface area contributed by atoms with Gasteiger partial charge in [-0.3, -0.25) is 14.3 Å². The van der Waals surface area contributed by atoms with E-state index < -0.39 is 50.2 Å². The van der Waals surface area contributed by atoms with Crippen molar-refractivity contribution in [2.45, 2.75) is 62.9 Å². The van der Waals surface area contributed by atoms with E-state index in [1.807, 2.05) is 33.9 Å². The summed E-state index contributed by atoms with van der Waals surface area (Å²) >= 11 is 0. The molecule has 3 N–H and O–H groups in total. The SMILES string of the molecule is C#CC1(O)C(CO)OC(n2ccc(=O)[nH]c2=O)C1O[Si](C)(C)C(C)(C)C. The lowest BCUT2D eigenvalue weighted by Gasteiger charge is -2.41. The molecule has 1 aromatic rings. The van der Waals surface area contributed by atoms with Crippen molar-refractivity contribution in [3.8, 4) is 12.3 Å². The summed E-state index contributed by atoms with van der Waals surface area (Å²) in [5.41, 5.74) is -3.20. The maximum Gasteiger partial charge on any atom is 0.330 e. The maximum atomic E-state index is 12.2. The molecule has 1 saturated heterocycles. The summed E-state index contributed by atoms with van der Waals surface area (Å²) in [4.78, 5) is 25.7. The Morgan fingerprint density at radius 2 is 2.08 bits per heavy atom. The Labute approximate surface area is 152 Å². The quantitative estimate of drug-likeness (QED) is 0.506. The first kappa shape index (κ1) is 20.6. The lowest BCUT2D eigenvalue weighted by molar-refractivity contribution is -0.0624. The molecule has 4 atom stereocenters. The molecule has 0 radical (unpaired) electrons. The van der Waals surface area contributed by atoms with E-state index in [4.69, 9.17) is 15.6 Å². The number of rotatable bonds is 4. The highest BCUT2D eigenvalue weighted by molar-refractivity contribution is 6.74. The number of hydrogen-bond acceptors (Lipinski definition) is 6. The Kier molecular flexibility index (Phi) is 5.38. The number of nitrogens with zero attached hydrogens (tertiary/aromatic N) is 1. The molecular weight excluding hydrogens is 356 g/mol. The van der Waals surface area contributed by atoms with Gasteiger partial charge in [-0.15, -0.1) is 6.42 Å². The first-order valence-corrected chi connectivity index (χ1v) is 11.2. The molecule has 9 heteroatoms. The number of aromatic nitrogens is 2. The Morgan fingerprint density at radius 1 is 1.46 bits per heavy atom. The summed E-state index contributed by atoms with van der Waals surface area (Å²) in [6, 6.07) is 1.16. The predicted molar refractivity (Wildman–Crippen MR) is 98.2 cm³/mol. The largest absolute Gasteiger partial charge is 0.405 e. The van der Waals surface area contributed by atoms with Gasteiger partial charge < -0.3 is 19.4 Å². The molecule has 1 aromatic heterocycles. The van der Waals surface area contributed by atoms with Crippen LogP contribution in [0.15, 0.2) is 21.9 Å². The first-order valence-electron chi connectivity index (χ1n) is 8.33. The summed E-state index contributed by atoms with van der Waals surface area (Å²) in [7, 11) is -2.42. The minimum atomic E-state index is -2.42. The molecule has 0 spiro atoms. The first-order chi connectivity index (χ1) is 11.9. The van der Waals surface area contributed by atoms with Crippen molar-refractivity contribution in [1.82, 2.24) is 9.55 Å².